The minimum Gasteiger partial charge on any atom is -0.481 e. The van der Waals surface area contributed by atoms with Crippen LogP contribution in [0.3, 0.4) is 0 Å². The second kappa shape index (κ2) is 8.17. The SMILES string of the molecule is O=C(O)COc1ccccc1/C=N\NC(=O)C1CCCCC1. The van der Waals surface area contributed by atoms with Gasteiger partial charge in [0.15, 0.2) is 6.61 Å². The van der Waals surface area contributed by atoms with Crippen molar-refractivity contribution in [2.75, 3.05) is 6.61 Å². The van der Waals surface area contributed by atoms with Crippen molar-refractivity contribution in [1.29, 1.82) is 0 Å². The molecule has 0 bridgehead atoms. The summed E-state index contributed by atoms with van der Waals surface area (Å²) in [5.74, 6) is -0.637. The topological polar surface area (TPSA) is 88.0 Å². The van der Waals surface area contributed by atoms with E-state index in [1.807, 2.05) is 0 Å². The van der Waals surface area contributed by atoms with Gasteiger partial charge in [0.2, 0.25) is 5.91 Å². The molecule has 0 aromatic heterocycles. The molecular formula is C16H20N2O4. The molecule has 0 atom stereocenters. The molecule has 6 nitrogen and oxygen atoms in total. The summed E-state index contributed by atoms with van der Waals surface area (Å²) >= 11 is 0. The molecule has 1 fully saturated rings. The number of para-hydroxylation sites is 1. The fourth-order valence-electron chi connectivity index (χ4n) is 2.48. The molecule has 1 aromatic carbocycles. The molecular weight excluding hydrogens is 284 g/mol. The van der Waals surface area contributed by atoms with Gasteiger partial charge in [-0.05, 0) is 25.0 Å². The summed E-state index contributed by atoms with van der Waals surface area (Å²) in [6.45, 7) is -0.417. The highest BCUT2D eigenvalue weighted by Crippen LogP contribution is 2.23. The normalized spacial score (nSPS) is 15.6. The molecule has 1 saturated carbocycles. The van der Waals surface area contributed by atoms with Crippen LogP contribution in [0.15, 0.2) is 29.4 Å². The van der Waals surface area contributed by atoms with Crippen molar-refractivity contribution in [1.82, 2.24) is 5.43 Å². The van der Waals surface area contributed by atoms with Gasteiger partial charge in [0, 0.05) is 11.5 Å². The first-order valence-electron chi connectivity index (χ1n) is 7.43. The number of ether oxygens (including phenoxy) is 1. The Labute approximate surface area is 129 Å². The van der Waals surface area contributed by atoms with Gasteiger partial charge in [-0.1, -0.05) is 31.4 Å². The van der Waals surface area contributed by atoms with Crippen LogP contribution in [-0.2, 0) is 9.59 Å². The highest BCUT2D eigenvalue weighted by atomic mass is 16.5. The van der Waals surface area contributed by atoms with E-state index in [1.54, 1.807) is 24.3 Å². The van der Waals surface area contributed by atoms with Gasteiger partial charge in [0.25, 0.3) is 0 Å². The molecule has 1 aliphatic carbocycles. The second-order valence-corrected chi connectivity index (χ2v) is 5.29. The number of nitrogens with zero attached hydrogens (tertiary/aromatic N) is 1. The molecule has 2 N–H and O–H groups in total. The monoisotopic (exact) mass is 304 g/mol. The van der Waals surface area contributed by atoms with Crippen LogP contribution < -0.4 is 10.2 Å². The van der Waals surface area contributed by atoms with E-state index < -0.39 is 12.6 Å². The van der Waals surface area contributed by atoms with Crippen molar-refractivity contribution < 1.29 is 19.4 Å². The predicted octanol–water partition coefficient (Wildman–Crippen LogP) is 2.18. The van der Waals surface area contributed by atoms with E-state index >= 15 is 0 Å². The lowest BCUT2D eigenvalue weighted by Gasteiger charge is -2.19. The smallest absolute Gasteiger partial charge is 0.341 e. The summed E-state index contributed by atoms with van der Waals surface area (Å²) in [5.41, 5.74) is 3.17. The third-order valence-corrected chi connectivity index (χ3v) is 3.62. The van der Waals surface area contributed by atoms with Crippen molar-refractivity contribution in [3.63, 3.8) is 0 Å². The van der Waals surface area contributed by atoms with Crippen LogP contribution in [0.1, 0.15) is 37.7 Å². The molecule has 2 rings (SSSR count). The standard InChI is InChI=1S/C16H20N2O4/c19-15(20)11-22-14-9-5-4-8-13(14)10-17-18-16(21)12-6-2-1-3-7-12/h4-5,8-10,12H,1-3,6-7,11H2,(H,18,21)(H,19,20)/b17-10-. The Kier molecular flexibility index (Phi) is 5.94. The van der Waals surface area contributed by atoms with Crippen molar-refractivity contribution >= 4 is 18.1 Å². The van der Waals surface area contributed by atoms with Crippen LogP contribution in [0.5, 0.6) is 5.75 Å². The van der Waals surface area contributed by atoms with Gasteiger partial charge in [-0.15, -0.1) is 0 Å². The summed E-state index contributed by atoms with van der Waals surface area (Å²) in [5, 5.41) is 12.6. The molecule has 6 heteroatoms. The Morgan fingerprint density at radius 2 is 2.00 bits per heavy atom. The number of benzene rings is 1. The first-order valence-corrected chi connectivity index (χ1v) is 7.43. The molecule has 1 aliphatic rings. The number of carboxylic acids is 1. The van der Waals surface area contributed by atoms with E-state index in [9.17, 15) is 9.59 Å². The number of hydrazone groups is 1. The minimum absolute atomic E-state index is 0.0457. The third kappa shape index (κ3) is 4.87. The average molecular weight is 304 g/mol. The lowest BCUT2D eigenvalue weighted by atomic mass is 9.89. The minimum atomic E-state index is -1.04. The third-order valence-electron chi connectivity index (χ3n) is 3.62. The number of amides is 1. The van der Waals surface area contributed by atoms with E-state index in [4.69, 9.17) is 9.84 Å². The second-order valence-electron chi connectivity index (χ2n) is 5.29. The Morgan fingerprint density at radius 1 is 1.27 bits per heavy atom. The number of carbonyl (C=O) groups excluding carboxylic acids is 1. The van der Waals surface area contributed by atoms with Gasteiger partial charge < -0.3 is 9.84 Å². The van der Waals surface area contributed by atoms with Crippen LogP contribution in [0, 0.1) is 5.92 Å². The highest BCUT2D eigenvalue weighted by Gasteiger charge is 2.20. The van der Waals surface area contributed by atoms with Crippen LogP contribution in [-0.4, -0.2) is 29.8 Å². The van der Waals surface area contributed by atoms with E-state index in [1.165, 1.54) is 12.6 Å². The van der Waals surface area contributed by atoms with Gasteiger partial charge in [-0.3, -0.25) is 4.79 Å². The molecule has 1 aromatic rings. The molecule has 0 spiro atoms. The number of hydrogen-bond acceptors (Lipinski definition) is 4. The molecule has 22 heavy (non-hydrogen) atoms. The summed E-state index contributed by atoms with van der Waals surface area (Å²) in [4.78, 5) is 22.5. The van der Waals surface area contributed by atoms with Gasteiger partial charge in [0.05, 0.1) is 6.21 Å². The number of nitrogens with one attached hydrogen (secondary N) is 1. The molecule has 0 saturated heterocycles. The van der Waals surface area contributed by atoms with Crippen molar-refractivity contribution in [3.05, 3.63) is 29.8 Å². The van der Waals surface area contributed by atoms with E-state index in [2.05, 4.69) is 10.5 Å². The van der Waals surface area contributed by atoms with Crippen molar-refractivity contribution in [2.24, 2.45) is 11.0 Å². The van der Waals surface area contributed by atoms with E-state index in [-0.39, 0.29) is 11.8 Å². The summed E-state index contributed by atoms with van der Waals surface area (Å²) in [6.07, 6.45) is 6.68. The Balaban J connectivity index is 1.91. The van der Waals surface area contributed by atoms with E-state index in [0.29, 0.717) is 11.3 Å². The van der Waals surface area contributed by atoms with Crippen molar-refractivity contribution in [3.8, 4) is 5.75 Å². The largest absolute Gasteiger partial charge is 0.481 e. The predicted molar refractivity (Wildman–Crippen MR) is 81.9 cm³/mol. The van der Waals surface area contributed by atoms with Gasteiger partial charge in [0.1, 0.15) is 5.75 Å². The van der Waals surface area contributed by atoms with Crippen LogP contribution in [0.2, 0.25) is 0 Å². The Hall–Kier alpha value is -2.37. The number of rotatable bonds is 6. The molecule has 118 valence electrons. The van der Waals surface area contributed by atoms with Crippen molar-refractivity contribution in [2.45, 2.75) is 32.1 Å². The summed E-state index contributed by atoms with van der Waals surface area (Å²) in [7, 11) is 0. The first kappa shape index (κ1) is 16.0. The lowest BCUT2D eigenvalue weighted by molar-refractivity contribution is -0.139. The quantitative estimate of drug-likeness (QED) is 0.623. The van der Waals surface area contributed by atoms with Gasteiger partial charge in [-0.25, -0.2) is 10.2 Å². The Morgan fingerprint density at radius 3 is 2.73 bits per heavy atom. The van der Waals surface area contributed by atoms with Crippen LogP contribution >= 0.6 is 0 Å². The zero-order valence-electron chi connectivity index (χ0n) is 12.3. The number of hydrogen-bond donors (Lipinski definition) is 2. The molecule has 0 radical (unpaired) electrons. The zero-order valence-corrected chi connectivity index (χ0v) is 12.3. The number of carbonyl (C=O) groups is 2. The van der Waals surface area contributed by atoms with Crippen LogP contribution in [0.4, 0.5) is 0 Å². The molecule has 0 unspecified atom stereocenters. The van der Waals surface area contributed by atoms with Crippen LogP contribution in [0.25, 0.3) is 0 Å². The maximum absolute atomic E-state index is 12.0. The van der Waals surface area contributed by atoms with E-state index in [0.717, 1.165) is 25.7 Å². The summed E-state index contributed by atoms with van der Waals surface area (Å²) < 4.78 is 5.17. The maximum Gasteiger partial charge on any atom is 0.341 e. The summed E-state index contributed by atoms with van der Waals surface area (Å²) in [6, 6.07) is 6.94. The maximum atomic E-state index is 12.0. The van der Waals surface area contributed by atoms with Gasteiger partial charge in [-0.2, -0.15) is 5.10 Å². The lowest BCUT2D eigenvalue weighted by Crippen LogP contribution is -2.28. The number of aliphatic carboxylic acids is 1. The molecule has 0 heterocycles. The molecule has 0 aliphatic heterocycles. The highest BCUT2D eigenvalue weighted by molar-refractivity contribution is 5.85. The average Bonchev–Trinajstić information content (AvgIpc) is 2.54. The van der Waals surface area contributed by atoms with Gasteiger partial charge >= 0.3 is 5.97 Å². The first-order chi connectivity index (χ1) is 10.7. The Bertz CT molecular complexity index is 551. The fraction of sp³-hybridized carbons (Fsp3) is 0.438. The zero-order chi connectivity index (χ0) is 15.8. The number of carboxylic acid groups (broad SMARTS) is 1. The molecule has 1 amide bonds. The fourth-order valence-corrected chi connectivity index (χ4v) is 2.48.